The fraction of sp³-hybridized carbons (Fsp3) is 0.579. The Balaban J connectivity index is 2.13. The molecule has 5 nitrogen and oxygen atoms in total. The number of ether oxygens (including phenoxy) is 1. The summed E-state index contributed by atoms with van der Waals surface area (Å²) in [4.78, 5) is 27.3. The van der Waals surface area contributed by atoms with Gasteiger partial charge in [0.25, 0.3) is 5.91 Å². The van der Waals surface area contributed by atoms with E-state index in [1.54, 1.807) is 6.07 Å². The molecule has 0 saturated carbocycles. The lowest BCUT2D eigenvalue weighted by Gasteiger charge is -2.38. The second-order valence-electron chi connectivity index (χ2n) is 7.01. The van der Waals surface area contributed by atoms with Crippen LogP contribution >= 0.6 is 0 Å². The molecule has 1 aliphatic rings. The zero-order valence-corrected chi connectivity index (χ0v) is 15.2. The van der Waals surface area contributed by atoms with Gasteiger partial charge in [-0.3, -0.25) is 9.59 Å². The lowest BCUT2D eigenvalue weighted by Crippen LogP contribution is -2.56. The predicted octanol–water partition coefficient (Wildman–Crippen LogP) is 2.39. The third-order valence-corrected chi connectivity index (χ3v) is 4.34. The SMILES string of the molecule is Cc1ccccc1C(=O)NC(C(=O)N1CC(C)OC(C)C1)C(C)C. The van der Waals surface area contributed by atoms with E-state index in [2.05, 4.69) is 5.32 Å². The third-order valence-electron chi connectivity index (χ3n) is 4.34. The highest BCUT2D eigenvalue weighted by Gasteiger charge is 2.33. The summed E-state index contributed by atoms with van der Waals surface area (Å²) in [5.41, 5.74) is 1.51. The van der Waals surface area contributed by atoms with Gasteiger partial charge in [-0.1, -0.05) is 32.0 Å². The fourth-order valence-corrected chi connectivity index (χ4v) is 3.11. The molecule has 0 radical (unpaired) electrons. The molecule has 1 aromatic carbocycles. The van der Waals surface area contributed by atoms with E-state index >= 15 is 0 Å². The Labute approximate surface area is 144 Å². The van der Waals surface area contributed by atoms with E-state index in [9.17, 15) is 9.59 Å². The Bertz CT molecular complexity index is 590. The van der Waals surface area contributed by atoms with Gasteiger partial charge in [-0.15, -0.1) is 0 Å². The van der Waals surface area contributed by atoms with Crippen LogP contribution in [-0.4, -0.2) is 48.1 Å². The molecule has 1 aromatic rings. The van der Waals surface area contributed by atoms with Gasteiger partial charge in [0.1, 0.15) is 6.04 Å². The molecule has 1 fully saturated rings. The van der Waals surface area contributed by atoms with Crippen LogP contribution in [0.25, 0.3) is 0 Å². The molecule has 1 aliphatic heterocycles. The van der Waals surface area contributed by atoms with Crippen LogP contribution in [0.3, 0.4) is 0 Å². The summed E-state index contributed by atoms with van der Waals surface area (Å²) in [6.07, 6.45) is 0.0233. The first-order valence-corrected chi connectivity index (χ1v) is 8.60. The minimum absolute atomic E-state index is 0.0116. The van der Waals surface area contributed by atoms with E-state index < -0.39 is 6.04 Å². The van der Waals surface area contributed by atoms with E-state index in [1.165, 1.54) is 0 Å². The van der Waals surface area contributed by atoms with Crippen molar-refractivity contribution in [1.82, 2.24) is 10.2 Å². The standard InChI is InChI=1S/C19H28N2O3/c1-12(2)17(19(23)21-10-14(4)24-15(5)11-21)20-18(22)16-9-7-6-8-13(16)3/h6-9,12,14-15,17H,10-11H2,1-5H3,(H,20,22). The highest BCUT2D eigenvalue weighted by molar-refractivity contribution is 5.98. The number of carbonyl (C=O) groups is 2. The van der Waals surface area contributed by atoms with Crippen molar-refractivity contribution in [2.45, 2.75) is 52.9 Å². The molecule has 0 aromatic heterocycles. The third kappa shape index (κ3) is 4.35. The maximum Gasteiger partial charge on any atom is 0.252 e. The van der Waals surface area contributed by atoms with Gasteiger partial charge in [0.05, 0.1) is 12.2 Å². The van der Waals surface area contributed by atoms with E-state index in [-0.39, 0.29) is 29.9 Å². The number of morpholine rings is 1. The van der Waals surface area contributed by atoms with Gasteiger partial charge in [-0.05, 0) is 38.3 Å². The molecular formula is C19H28N2O3. The topological polar surface area (TPSA) is 58.6 Å². The second-order valence-corrected chi connectivity index (χ2v) is 7.01. The average Bonchev–Trinajstić information content (AvgIpc) is 2.51. The molecule has 3 atom stereocenters. The number of benzene rings is 1. The van der Waals surface area contributed by atoms with Gasteiger partial charge in [-0.25, -0.2) is 0 Å². The summed E-state index contributed by atoms with van der Waals surface area (Å²) < 4.78 is 5.69. The molecule has 0 aliphatic carbocycles. The summed E-state index contributed by atoms with van der Waals surface area (Å²) >= 11 is 0. The monoisotopic (exact) mass is 332 g/mol. The average molecular weight is 332 g/mol. The molecule has 132 valence electrons. The normalized spacial score (nSPS) is 22.3. The summed E-state index contributed by atoms with van der Waals surface area (Å²) in [7, 11) is 0. The highest BCUT2D eigenvalue weighted by Crippen LogP contribution is 2.15. The van der Waals surface area contributed by atoms with Crippen LogP contribution in [0.1, 0.15) is 43.6 Å². The van der Waals surface area contributed by atoms with Crippen LogP contribution in [0.5, 0.6) is 0 Å². The first-order chi connectivity index (χ1) is 11.3. The van der Waals surface area contributed by atoms with Gasteiger partial charge in [0.2, 0.25) is 5.91 Å². The quantitative estimate of drug-likeness (QED) is 0.921. The molecule has 2 amide bonds. The molecule has 1 heterocycles. The minimum atomic E-state index is -0.533. The van der Waals surface area contributed by atoms with Gasteiger partial charge in [0.15, 0.2) is 0 Å². The predicted molar refractivity (Wildman–Crippen MR) is 93.9 cm³/mol. The number of nitrogens with zero attached hydrogens (tertiary/aromatic N) is 1. The Morgan fingerprint density at radius 3 is 2.29 bits per heavy atom. The molecule has 5 heteroatoms. The number of nitrogens with one attached hydrogen (secondary N) is 1. The van der Waals surface area contributed by atoms with E-state index in [0.717, 1.165) is 5.56 Å². The first-order valence-electron chi connectivity index (χ1n) is 8.60. The van der Waals surface area contributed by atoms with Crippen LogP contribution in [0.15, 0.2) is 24.3 Å². The van der Waals surface area contributed by atoms with Gasteiger partial charge >= 0.3 is 0 Å². The van der Waals surface area contributed by atoms with Crippen molar-refractivity contribution < 1.29 is 14.3 Å². The Hall–Kier alpha value is -1.88. The summed E-state index contributed by atoms with van der Waals surface area (Å²) in [6, 6.07) is 6.87. The Morgan fingerprint density at radius 2 is 1.75 bits per heavy atom. The van der Waals surface area contributed by atoms with Crippen molar-refractivity contribution in [1.29, 1.82) is 0 Å². The Morgan fingerprint density at radius 1 is 1.17 bits per heavy atom. The number of amides is 2. The number of aryl methyl sites for hydroxylation is 1. The first kappa shape index (κ1) is 18.5. The molecule has 1 N–H and O–H groups in total. The molecule has 1 saturated heterocycles. The Kier molecular flexibility index (Phi) is 5.99. The van der Waals surface area contributed by atoms with E-state index in [0.29, 0.717) is 18.7 Å². The highest BCUT2D eigenvalue weighted by atomic mass is 16.5. The second kappa shape index (κ2) is 7.79. The van der Waals surface area contributed by atoms with Crippen LogP contribution < -0.4 is 5.32 Å². The molecule has 2 rings (SSSR count). The van der Waals surface area contributed by atoms with E-state index in [4.69, 9.17) is 4.74 Å². The largest absolute Gasteiger partial charge is 0.372 e. The number of hydrogen-bond acceptors (Lipinski definition) is 3. The van der Waals surface area contributed by atoms with Crippen molar-refractivity contribution in [3.63, 3.8) is 0 Å². The maximum atomic E-state index is 12.9. The molecule has 0 spiro atoms. The number of hydrogen-bond donors (Lipinski definition) is 1. The molecule has 0 bridgehead atoms. The van der Waals surface area contributed by atoms with Gasteiger partial charge < -0.3 is 15.0 Å². The molecular weight excluding hydrogens is 304 g/mol. The smallest absolute Gasteiger partial charge is 0.252 e. The molecule has 3 unspecified atom stereocenters. The van der Waals surface area contributed by atoms with Crippen molar-refractivity contribution in [2.75, 3.05) is 13.1 Å². The lowest BCUT2D eigenvalue weighted by atomic mass is 10.0. The summed E-state index contributed by atoms with van der Waals surface area (Å²) in [6.45, 7) is 10.9. The summed E-state index contributed by atoms with van der Waals surface area (Å²) in [5, 5.41) is 2.93. The van der Waals surface area contributed by atoms with Crippen LogP contribution in [0.2, 0.25) is 0 Å². The number of carbonyl (C=O) groups excluding carboxylic acids is 2. The maximum absolute atomic E-state index is 12.9. The van der Waals surface area contributed by atoms with Crippen molar-refractivity contribution >= 4 is 11.8 Å². The van der Waals surface area contributed by atoms with Gasteiger partial charge in [-0.2, -0.15) is 0 Å². The van der Waals surface area contributed by atoms with Crippen molar-refractivity contribution in [3.8, 4) is 0 Å². The minimum Gasteiger partial charge on any atom is -0.372 e. The summed E-state index contributed by atoms with van der Waals surface area (Å²) in [5.74, 6) is -0.220. The lowest BCUT2D eigenvalue weighted by molar-refractivity contribution is -0.146. The van der Waals surface area contributed by atoms with Crippen molar-refractivity contribution in [2.24, 2.45) is 5.92 Å². The van der Waals surface area contributed by atoms with E-state index in [1.807, 2.05) is 57.7 Å². The zero-order chi connectivity index (χ0) is 17.9. The fourth-order valence-electron chi connectivity index (χ4n) is 3.11. The number of rotatable bonds is 4. The van der Waals surface area contributed by atoms with Crippen LogP contribution in [0, 0.1) is 12.8 Å². The molecule has 24 heavy (non-hydrogen) atoms. The van der Waals surface area contributed by atoms with Crippen LogP contribution in [-0.2, 0) is 9.53 Å². The van der Waals surface area contributed by atoms with Crippen LogP contribution in [0.4, 0.5) is 0 Å². The van der Waals surface area contributed by atoms with Gasteiger partial charge in [0, 0.05) is 18.7 Å². The zero-order valence-electron chi connectivity index (χ0n) is 15.2. The van der Waals surface area contributed by atoms with Crippen molar-refractivity contribution in [3.05, 3.63) is 35.4 Å².